The fraction of sp³-hybridized carbons (Fsp3) is 0.400. The fourth-order valence-electron chi connectivity index (χ4n) is 1.03. The number of carbonyl (C=O) groups is 2. The van der Waals surface area contributed by atoms with Crippen molar-refractivity contribution in [3.63, 3.8) is 0 Å². The first-order valence-corrected chi connectivity index (χ1v) is 4.42. The molecule has 82 valence electrons. The highest BCUT2D eigenvalue weighted by atomic mass is 16.7. The minimum Gasteiger partial charge on any atom is -0.424 e. The van der Waals surface area contributed by atoms with Crippen molar-refractivity contribution in [3.05, 3.63) is 23.4 Å². The number of cyclic esters (lactones) is 2. The second-order valence-corrected chi connectivity index (χ2v) is 3.32. The van der Waals surface area contributed by atoms with E-state index in [0.717, 1.165) is 0 Å². The summed E-state index contributed by atoms with van der Waals surface area (Å²) in [6, 6.07) is 0. The molecule has 0 radical (unpaired) electrons. The Morgan fingerprint density at radius 1 is 1.27 bits per heavy atom. The molecule has 1 fully saturated rings. The van der Waals surface area contributed by atoms with E-state index in [1.807, 2.05) is 14.1 Å². The van der Waals surface area contributed by atoms with Gasteiger partial charge in [-0.05, 0) is 24.8 Å². The van der Waals surface area contributed by atoms with Gasteiger partial charge in [0.25, 0.3) is 0 Å². The molecule has 1 aliphatic heterocycles. The van der Waals surface area contributed by atoms with Gasteiger partial charge in [-0.3, -0.25) is 0 Å². The smallest absolute Gasteiger partial charge is 0.348 e. The molecule has 15 heavy (non-hydrogen) atoms. The molecule has 0 aromatic rings. The Morgan fingerprint density at radius 3 is 2.27 bits per heavy atom. The molecule has 0 aromatic carbocycles. The van der Waals surface area contributed by atoms with Crippen LogP contribution in [0.25, 0.3) is 0 Å². The second kappa shape index (κ2) is 4.63. The van der Waals surface area contributed by atoms with Crippen LogP contribution in [0.3, 0.4) is 0 Å². The summed E-state index contributed by atoms with van der Waals surface area (Å²) in [7, 11) is 3.68. The van der Waals surface area contributed by atoms with Crippen molar-refractivity contribution in [1.29, 1.82) is 0 Å². The van der Waals surface area contributed by atoms with Gasteiger partial charge in [0, 0.05) is 14.1 Å². The van der Waals surface area contributed by atoms with E-state index in [1.54, 1.807) is 24.1 Å². The van der Waals surface area contributed by atoms with Crippen LogP contribution < -0.4 is 0 Å². The molecule has 0 unspecified atom stereocenters. The van der Waals surface area contributed by atoms with Gasteiger partial charge in [0.1, 0.15) is 5.57 Å². The number of esters is 2. The normalized spacial score (nSPS) is 16.3. The third kappa shape index (κ3) is 2.83. The summed E-state index contributed by atoms with van der Waals surface area (Å²) in [5.74, 6) is -1.26. The molecular formula is C10H13NO4. The van der Waals surface area contributed by atoms with Gasteiger partial charge in [-0.2, -0.15) is 0 Å². The SMILES string of the molecule is CC(/C=C/N(C)C)=C1C(=O)OCOC1=O. The lowest BCUT2D eigenvalue weighted by Gasteiger charge is -2.15. The zero-order valence-electron chi connectivity index (χ0n) is 8.94. The lowest BCUT2D eigenvalue weighted by molar-refractivity contribution is -0.172. The molecular weight excluding hydrogens is 198 g/mol. The summed E-state index contributed by atoms with van der Waals surface area (Å²) in [5.41, 5.74) is 0.484. The van der Waals surface area contributed by atoms with E-state index in [1.165, 1.54) is 0 Å². The van der Waals surface area contributed by atoms with Gasteiger partial charge in [-0.1, -0.05) is 0 Å². The molecule has 5 heteroatoms. The Hall–Kier alpha value is -1.78. The number of rotatable bonds is 2. The number of hydrogen-bond donors (Lipinski definition) is 0. The summed E-state index contributed by atoms with van der Waals surface area (Å²) in [6.07, 6.45) is 3.39. The number of hydrogen-bond acceptors (Lipinski definition) is 5. The van der Waals surface area contributed by atoms with E-state index in [-0.39, 0.29) is 12.4 Å². The maximum atomic E-state index is 11.3. The van der Waals surface area contributed by atoms with E-state index >= 15 is 0 Å². The lowest BCUT2D eigenvalue weighted by atomic mass is 10.1. The number of allylic oxidation sites excluding steroid dienone is 2. The molecule has 5 nitrogen and oxygen atoms in total. The maximum Gasteiger partial charge on any atom is 0.348 e. The number of carbonyl (C=O) groups excluding carboxylic acids is 2. The zero-order valence-corrected chi connectivity index (χ0v) is 8.94. The van der Waals surface area contributed by atoms with E-state index in [0.29, 0.717) is 5.57 Å². The lowest BCUT2D eigenvalue weighted by Crippen LogP contribution is -2.27. The van der Waals surface area contributed by atoms with Crippen molar-refractivity contribution in [2.45, 2.75) is 6.92 Å². The first-order valence-electron chi connectivity index (χ1n) is 4.42. The van der Waals surface area contributed by atoms with Gasteiger partial charge in [-0.15, -0.1) is 0 Å². The van der Waals surface area contributed by atoms with Gasteiger partial charge >= 0.3 is 11.9 Å². The predicted octanol–water partition coefficient (Wildman–Crippen LogP) is 0.436. The second-order valence-electron chi connectivity index (χ2n) is 3.32. The summed E-state index contributed by atoms with van der Waals surface area (Å²) in [5, 5.41) is 0. The van der Waals surface area contributed by atoms with Gasteiger partial charge in [0.15, 0.2) is 0 Å². The van der Waals surface area contributed by atoms with E-state index in [9.17, 15) is 9.59 Å². The highest BCUT2D eigenvalue weighted by Crippen LogP contribution is 2.14. The molecule has 0 aromatic heterocycles. The Balaban J connectivity index is 2.94. The third-order valence-corrected chi connectivity index (χ3v) is 1.81. The number of nitrogens with zero attached hydrogens (tertiary/aromatic N) is 1. The monoisotopic (exact) mass is 211 g/mol. The van der Waals surface area contributed by atoms with Gasteiger partial charge in [-0.25, -0.2) is 9.59 Å². The van der Waals surface area contributed by atoms with Crippen molar-refractivity contribution in [1.82, 2.24) is 4.90 Å². The molecule has 0 aliphatic carbocycles. The first kappa shape index (κ1) is 11.3. The van der Waals surface area contributed by atoms with Crippen LogP contribution in [0.1, 0.15) is 6.92 Å². The predicted molar refractivity (Wildman–Crippen MR) is 52.6 cm³/mol. The molecule has 1 rings (SSSR count). The molecule has 0 amide bonds. The van der Waals surface area contributed by atoms with Crippen LogP contribution in [0.5, 0.6) is 0 Å². The molecule has 1 aliphatic rings. The van der Waals surface area contributed by atoms with Crippen molar-refractivity contribution in [2.24, 2.45) is 0 Å². The summed E-state index contributed by atoms with van der Waals surface area (Å²) in [6.45, 7) is 1.36. The summed E-state index contributed by atoms with van der Waals surface area (Å²) < 4.78 is 9.20. The van der Waals surface area contributed by atoms with Crippen LogP contribution >= 0.6 is 0 Å². The van der Waals surface area contributed by atoms with E-state index < -0.39 is 11.9 Å². The van der Waals surface area contributed by atoms with Crippen LogP contribution in [-0.2, 0) is 19.1 Å². The van der Waals surface area contributed by atoms with Gasteiger partial charge < -0.3 is 14.4 Å². The van der Waals surface area contributed by atoms with Crippen molar-refractivity contribution in [3.8, 4) is 0 Å². The quantitative estimate of drug-likeness (QED) is 0.377. The third-order valence-electron chi connectivity index (χ3n) is 1.81. The van der Waals surface area contributed by atoms with Gasteiger partial charge in [0.05, 0.1) is 0 Å². The van der Waals surface area contributed by atoms with E-state index in [2.05, 4.69) is 9.47 Å². The minimum absolute atomic E-state index is 0.0423. The highest BCUT2D eigenvalue weighted by Gasteiger charge is 2.28. The Labute approximate surface area is 87.9 Å². The summed E-state index contributed by atoms with van der Waals surface area (Å²) in [4.78, 5) is 24.3. The van der Waals surface area contributed by atoms with Crippen LogP contribution in [0, 0.1) is 0 Å². The Morgan fingerprint density at radius 2 is 1.80 bits per heavy atom. The topological polar surface area (TPSA) is 55.8 Å². The Bertz CT molecular complexity index is 323. The molecule has 0 bridgehead atoms. The first-order chi connectivity index (χ1) is 7.02. The zero-order chi connectivity index (χ0) is 11.4. The standard InChI is InChI=1S/C10H13NO4/c1-7(4-5-11(2)3)8-9(12)14-6-15-10(8)13/h4-5H,6H2,1-3H3/b5-4+. The largest absolute Gasteiger partial charge is 0.424 e. The van der Waals surface area contributed by atoms with Crippen LogP contribution in [0.15, 0.2) is 23.4 Å². The average Bonchev–Trinajstić information content (AvgIpc) is 2.14. The van der Waals surface area contributed by atoms with Gasteiger partial charge in [0.2, 0.25) is 6.79 Å². The van der Waals surface area contributed by atoms with Crippen molar-refractivity contribution < 1.29 is 19.1 Å². The summed E-state index contributed by atoms with van der Waals surface area (Å²) >= 11 is 0. The minimum atomic E-state index is -0.632. The highest BCUT2D eigenvalue weighted by molar-refractivity contribution is 6.15. The van der Waals surface area contributed by atoms with E-state index in [4.69, 9.17) is 0 Å². The average molecular weight is 211 g/mol. The molecule has 1 saturated heterocycles. The fourth-order valence-corrected chi connectivity index (χ4v) is 1.03. The number of ether oxygens (including phenoxy) is 2. The van der Waals surface area contributed by atoms with Crippen molar-refractivity contribution >= 4 is 11.9 Å². The van der Waals surface area contributed by atoms with Crippen LogP contribution in [-0.4, -0.2) is 37.7 Å². The Kier molecular flexibility index (Phi) is 3.49. The van der Waals surface area contributed by atoms with Crippen molar-refractivity contribution in [2.75, 3.05) is 20.9 Å². The molecule has 0 atom stereocenters. The molecule has 0 N–H and O–H groups in total. The van der Waals surface area contributed by atoms with Crippen LogP contribution in [0.2, 0.25) is 0 Å². The maximum absolute atomic E-state index is 11.3. The van der Waals surface area contributed by atoms with Crippen LogP contribution in [0.4, 0.5) is 0 Å². The molecule has 0 spiro atoms. The molecule has 0 saturated carbocycles. The molecule has 1 heterocycles.